The maximum absolute atomic E-state index is 12.9. The van der Waals surface area contributed by atoms with Gasteiger partial charge >= 0.3 is 0 Å². The van der Waals surface area contributed by atoms with E-state index in [0.717, 1.165) is 38.0 Å². The zero-order valence-electron chi connectivity index (χ0n) is 14.1. The van der Waals surface area contributed by atoms with E-state index in [1.165, 1.54) is 5.56 Å². The van der Waals surface area contributed by atoms with Crippen molar-refractivity contribution in [2.24, 2.45) is 5.73 Å². The number of furan rings is 1. The summed E-state index contributed by atoms with van der Waals surface area (Å²) in [7, 11) is 0. The number of aliphatic hydroxyl groups is 1. The fourth-order valence-electron chi connectivity index (χ4n) is 3.98. The maximum atomic E-state index is 12.9. The molecule has 0 aliphatic carbocycles. The van der Waals surface area contributed by atoms with E-state index in [4.69, 9.17) is 10.2 Å². The number of nitrogens with two attached hydrogens (primary N) is 1. The Labute approximate surface area is 146 Å². The fourth-order valence-corrected chi connectivity index (χ4v) is 3.98. The summed E-state index contributed by atoms with van der Waals surface area (Å²) in [6.07, 6.45) is 4.28. The summed E-state index contributed by atoms with van der Waals surface area (Å²) >= 11 is 0. The number of amides is 1. The maximum Gasteiger partial charge on any atom is 0.255 e. The molecular weight excluding hydrogens is 318 g/mol. The van der Waals surface area contributed by atoms with Gasteiger partial charge in [0.05, 0.1) is 18.1 Å². The summed E-state index contributed by atoms with van der Waals surface area (Å²) in [6.45, 7) is 3.42. The van der Waals surface area contributed by atoms with Gasteiger partial charge in [0.2, 0.25) is 0 Å². The van der Waals surface area contributed by atoms with Crippen molar-refractivity contribution in [2.75, 3.05) is 13.1 Å². The summed E-state index contributed by atoms with van der Waals surface area (Å²) in [6, 6.07) is 7.77. The number of rotatable bonds is 4. The Morgan fingerprint density at radius 1 is 1.28 bits per heavy atom. The van der Waals surface area contributed by atoms with Gasteiger partial charge in [0.25, 0.3) is 5.91 Å². The Balaban J connectivity index is 1.42. The van der Waals surface area contributed by atoms with Gasteiger partial charge in [-0.1, -0.05) is 18.2 Å². The van der Waals surface area contributed by atoms with Crippen molar-refractivity contribution >= 4 is 5.91 Å². The van der Waals surface area contributed by atoms with Crippen LogP contribution >= 0.6 is 0 Å². The average molecular weight is 341 g/mol. The van der Waals surface area contributed by atoms with Crippen molar-refractivity contribution in [2.45, 2.75) is 38.2 Å². The molecule has 2 aromatic rings. The molecule has 0 bridgehead atoms. The minimum Gasteiger partial charge on any atom is -0.472 e. The molecule has 4 rings (SSSR count). The van der Waals surface area contributed by atoms with Crippen molar-refractivity contribution in [1.29, 1.82) is 0 Å². The van der Waals surface area contributed by atoms with Gasteiger partial charge in [0.1, 0.15) is 6.23 Å². The van der Waals surface area contributed by atoms with Gasteiger partial charge in [0, 0.05) is 43.3 Å². The molecule has 3 heterocycles. The predicted molar refractivity (Wildman–Crippen MR) is 92.5 cm³/mol. The van der Waals surface area contributed by atoms with Crippen LogP contribution in [-0.4, -0.2) is 39.9 Å². The number of carbonyl (C=O) groups excluding carboxylic acids is 1. The molecule has 25 heavy (non-hydrogen) atoms. The number of piperidine rings is 1. The van der Waals surface area contributed by atoms with Crippen LogP contribution in [0.15, 0.2) is 41.2 Å². The van der Waals surface area contributed by atoms with E-state index in [-0.39, 0.29) is 11.9 Å². The van der Waals surface area contributed by atoms with Crippen molar-refractivity contribution < 1.29 is 14.3 Å². The van der Waals surface area contributed by atoms with E-state index < -0.39 is 6.23 Å². The van der Waals surface area contributed by atoms with Gasteiger partial charge in [-0.15, -0.1) is 0 Å². The highest BCUT2D eigenvalue weighted by Crippen LogP contribution is 2.32. The monoisotopic (exact) mass is 341 g/mol. The van der Waals surface area contributed by atoms with Crippen LogP contribution in [0.25, 0.3) is 0 Å². The Hall–Kier alpha value is -2.15. The molecule has 3 N–H and O–H groups in total. The Morgan fingerprint density at radius 2 is 2.08 bits per heavy atom. The smallest absolute Gasteiger partial charge is 0.255 e. The number of hydrogen-bond donors (Lipinski definition) is 2. The molecule has 2 aliphatic heterocycles. The normalized spacial score (nSPS) is 20.1. The zero-order chi connectivity index (χ0) is 17.4. The lowest BCUT2D eigenvalue weighted by Gasteiger charge is -2.36. The first-order valence-electron chi connectivity index (χ1n) is 8.73. The van der Waals surface area contributed by atoms with Crippen LogP contribution in [0.4, 0.5) is 0 Å². The number of hydrogen-bond acceptors (Lipinski definition) is 5. The highest BCUT2D eigenvalue weighted by Gasteiger charge is 2.36. The summed E-state index contributed by atoms with van der Waals surface area (Å²) in [5.74, 6) is 0.00313. The first kappa shape index (κ1) is 16.3. The lowest BCUT2D eigenvalue weighted by molar-refractivity contribution is 0.0586. The second-order valence-corrected chi connectivity index (χ2v) is 6.90. The van der Waals surface area contributed by atoms with E-state index in [1.54, 1.807) is 18.6 Å². The minimum atomic E-state index is -1.12. The molecule has 0 spiro atoms. The largest absolute Gasteiger partial charge is 0.472 e. The fraction of sp³-hybridized carbons (Fsp3) is 0.421. The second-order valence-electron chi connectivity index (χ2n) is 6.90. The van der Waals surface area contributed by atoms with Crippen LogP contribution < -0.4 is 5.73 Å². The highest BCUT2D eigenvalue weighted by molar-refractivity contribution is 6.00. The molecule has 0 radical (unpaired) electrons. The summed E-state index contributed by atoms with van der Waals surface area (Å²) in [4.78, 5) is 17.2. The summed E-state index contributed by atoms with van der Waals surface area (Å²) in [5.41, 5.74) is 8.90. The van der Waals surface area contributed by atoms with E-state index in [0.29, 0.717) is 17.7 Å². The molecule has 6 nitrogen and oxygen atoms in total. The van der Waals surface area contributed by atoms with E-state index in [2.05, 4.69) is 4.90 Å². The van der Waals surface area contributed by atoms with E-state index >= 15 is 0 Å². The predicted octanol–water partition coefficient (Wildman–Crippen LogP) is 1.85. The molecule has 1 fully saturated rings. The lowest BCUT2D eigenvalue weighted by Crippen LogP contribution is -2.44. The molecule has 1 unspecified atom stereocenters. The quantitative estimate of drug-likeness (QED) is 0.829. The van der Waals surface area contributed by atoms with Gasteiger partial charge in [-0.25, -0.2) is 0 Å². The van der Waals surface area contributed by atoms with E-state index in [9.17, 15) is 9.90 Å². The zero-order valence-corrected chi connectivity index (χ0v) is 14.1. The number of aliphatic hydroxyl groups excluding tert-OH is 1. The van der Waals surface area contributed by atoms with Gasteiger partial charge in [-0.05, 0) is 24.5 Å². The molecule has 0 saturated carbocycles. The first-order chi connectivity index (χ1) is 12.1. The number of nitrogens with zero attached hydrogens (tertiary/aromatic N) is 2. The van der Waals surface area contributed by atoms with Crippen molar-refractivity contribution in [3.8, 4) is 0 Å². The van der Waals surface area contributed by atoms with Crippen LogP contribution in [0.3, 0.4) is 0 Å². The van der Waals surface area contributed by atoms with Crippen LogP contribution in [-0.2, 0) is 13.1 Å². The van der Waals surface area contributed by atoms with Crippen molar-refractivity contribution in [1.82, 2.24) is 9.80 Å². The molecular formula is C19H23N3O3. The average Bonchev–Trinajstić information content (AvgIpc) is 3.24. The first-order valence-corrected chi connectivity index (χ1v) is 8.73. The third-order valence-corrected chi connectivity index (χ3v) is 5.30. The van der Waals surface area contributed by atoms with Crippen LogP contribution in [0.1, 0.15) is 46.1 Å². The third kappa shape index (κ3) is 3.08. The topological polar surface area (TPSA) is 82.9 Å². The van der Waals surface area contributed by atoms with Gasteiger partial charge in [0.15, 0.2) is 0 Å². The molecule has 132 valence electrons. The van der Waals surface area contributed by atoms with Gasteiger partial charge < -0.3 is 20.2 Å². The molecule has 1 aromatic carbocycles. The number of fused-ring (bicyclic) bond motifs is 1. The molecule has 1 saturated heterocycles. The molecule has 2 aliphatic rings. The highest BCUT2D eigenvalue weighted by atomic mass is 16.3. The third-order valence-electron chi connectivity index (χ3n) is 5.30. The van der Waals surface area contributed by atoms with Crippen LogP contribution in [0, 0.1) is 0 Å². The van der Waals surface area contributed by atoms with E-state index in [1.807, 2.05) is 23.1 Å². The van der Waals surface area contributed by atoms with Crippen LogP contribution in [0.5, 0.6) is 0 Å². The van der Waals surface area contributed by atoms with Gasteiger partial charge in [-0.2, -0.15) is 0 Å². The van der Waals surface area contributed by atoms with Crippen LogP contribution in [0.2, 0.25) is 0 Å². The molecule has 1 aromatic heterocycles. The molecule has 1 atom stereocenters. The number of benzene rings is 1. The lowest BCUT2D eigenvalue weighted by atomic mass is 10.0. The summed E-state index contributed by atoms with van der Waals surface area (Å²) < 4.78 is 5.13. The molecule has 1 amide bonds. The Kier molecular flexibility index (Phi) is 4.33. The summed E-state index contributed by atoms with van der Waals surface area (Å²) in [5, 5.41) is 9.75. The number of carbonyl (C=O) groups is 1. The standard InChI is InChI=1S/C19H23N3O3/c20-18(23)16-3-1-2-14-11-22(19(24)17(14)16)15-4-7-21(8-5-15)10-13-6-9-25-12-13/h1-3,6,9,12,15,18,23H,4-5,7-8,10-11,20H2. The molecule has 6 heteroatoms. The van der Waals surface area contributed by atoms with Gasteiger partial charge in [-0.3, -0.25) is 9.69 Å². The Bertz CT molecular complexity index is 749. The second kappa shape index (κ2) is 6.63. The minimum absolute atomic E-state index is 0.00313. The number of likely N-dealkylation sites (tertiary alicyclic amines) is 1. The van der Waals surface area contributed by atoms with Crippen molar-refractivity contribution in [3.05, 3.63) is 59.0 Å². The van der Waals surface area contributed by atoms with Crippen molar-refractivity contribution in [3.63, 3.8) is 0 Å². The SMILES string of the molecule is NC(O)c1cccc2c1C(=O)N(C1CCN(Cc3ccoc3)CC1)C2. The Morgan fingerprint density at radius 3 is 2.76 bits per heavy atom.